The van der Waals surface area contributed by atoms with E-state index in [4.69, 9.17) is 4.74 Å². The Kier molecular flexibility index (Phi) is 5.51. The number of carbonyl (C=O) groups excluding carboxylic acids is 2. The van der Waals surface area contributed by atoms with E-state index in [0.717, 1.165) is 29.7 Å². The van der Waals surface area contributed by atoms with Crippen molar-refractivity contribution in [3.8, 4) is 0 Å². The zero-order chi connectivity index (χ0) is 20.5. The van der Waals surface area contributed by atoms with E-state index in [2.05, 4.69) is 17.2 Å². The van der Waals surface area contributed by atoms with Gasteiger partial charge in [-0.2, -0.15) is 0 Å². The first-order chi connectivity index (χ1) is 14.0. The number of ether oxygens (including phenoxy) is 1. The third-order valence-corrected chi connectivity index (χ3v) is 7.06. The average Bonchev–Trinajstić information content (AvgIpc) is 3.28. The Morgan fingerprint density at radius 3 is 3.03 bits per heavy atom. The van der Waals surface area contributed by atoms with Crippen LogP contribution >= 0.6 is 22.7 Å². The number of fused-ring (bicyclic) bond motifs is 2. The molecule has 29 heavy (non-hydrogen) atoms. The van der Waals surface area contributed by atoms with Crippen LogP contribution in [0.15, 0.2) is 22.6 Å². The molecule has 152 valence electrons. The van der Waals surface area contributed by atoms with Crippen molar-refractivity contribution in [2.75, 3.05) is 11.9 Å². The minimum Gasteiger partial charge on any atom is -0.462 e. The Hall–Kier alpha value is -2.52. The summed E-state index contributed by atoms with van der Waals surface area (Å²) < 4.78 is 7.04. The van der Waals surface area contributed by atoms with Gasteiger partial charge in [-0.25, -0.2) is 9.78 Å². The van der Waals surface area contributed by atoms with Gasteiger partial charge >= 0.3 is 5.97 Å². The molecule has 7 nitrogen and oxygen atoms in total. The first-order valence-electron chi connectivity index (χ1n) is 9.52. The zero-order valence-corrected chi connectivity index (χ0v) is 17.8. The van der Waals surface area contributed by atoms with E-state index >= 15 is 0 Å². The average molecular weight is 432 g/mol. The second kappa shape index (κ2) is 8.08. The van der Waals surface area contributed by atoms with E-state index in [9.17, 15) is 14.4 Å². The molecule has 3 aromatic heterocycles. The van der Waals surface area contributed by atoms with Gasteiger partial charge in [0.05, 0.1) is 24.0 Å². The molecule has 1 atom stereocenters. The Bertz CT molecular complexity index is 1140. The minimum absolute atomic E-state index is 0.166. The van der Waals surface area contributed by atoms with Gasteiger partial charge in [0.2, 0.25) is 5.91 Å². The number of aromatic nitrogens is 2. The van der Waals surface area contributed by atoms with E-state index in [1.807, 2.05) is 0 Å². The number of esters is 1. The third-order valence-electron chi connectivity index (χ3n) is 4.99. The van der Waals surface area contributed by atoms with Crippen molar-refractivity contribution in [1.29, 1.82) is 0 Å². The van der Waals surface area contributed by atoms with E-state index in [1.165, 1.54) is 33.6 Å². The molecule has 0 aliphatic heterocycles. The fraction of sp³-hybridized carbons (Fsp3) is 0.400. The first-order valence-corrected chi connectivity index (χ1v) is 11.2. The topological polar surface area (TPSA) is 90.3 Å². The Morgan fingerprint density at radius 1 is 1.41 bits per heavy atom. The molecule has 1 aliphatic rings. The number of carbonyl (C=O) groups is 2. The molecule has 1 N–H and O–H groups in total. The van der Waals surface area contributed by atoms with Gasteiger partial charge in [-0.3, -0.25) is 14.2 Å². The number of amides is 1. The molecule has 0 fully saturated rings. The van der Waals surface area contributed by atoms with Gasteiger partial charge in [0.25, 0.3) is 5.56 Å². The molecule has 0 spiro atoms. The summed E-state index contributed by atoms with van der Waals surface area (Å²) in [7, 11) is 0. The van der Waals surface area contributed by atoms with Crippen LogP contribution in [0.4, 0.5) is 5.00 Å². The van der Waals surface area contributed by atoms with Crippen molar-refractivity contribution in [3.63, 3.8) is 0 Å². The Morgan fingerprint density at radius 2 is 2.24 bits per heavy atom. The van der Waals surface area contributed by atoms with Crippen LogP contribution in [0.25, 0.3) is 10.2 Å². The van der Waals surface area contributed by atoms with Gasteiger partial charge in [0.15, 0.2) is 0 Å². The van der Waals surface area contributed by atoms with E-state index in [1.54, 1.807) is 18.4 Å². The van der Waals surface area contributed by atoms with Crippen molar-refractivity contribution in [2.45, 2.75) is 39.7 Å². The molecule has 1 amide bonds. The summed E-state index contributed by atoms with van der Waals surface area (Å²) >= 11 is 2.74. The van der Waals surface area contributed by atoms with Crippen LogP contribution < -0.4 is 10.9 Å². The van der Waals surface area contributed by atoms with Crippen molar-refractivity contribution >= 4 is 49.8 Å². The normalized spacial score (nSPS) is 15.9. The summed E-state index contributed by atoms with van der Waals surface area (Å²) in [4.78, 5) is 43.1. The molecule has 4 rings (SSSR count). The van der Waals surface area contributed by atoms with Crippen LogP contribution in [0, 0.1) is 5.92 Å². The molecule has 3 aromatic rings. The molecule has 0 saturated heterocycles. The maximum Gasteiger partial charge on any atom is 0.341 e. The van der Waals surface area contributed by atoms with Crippen LogP contribution in [-0.2, 0) is 28.9 Å². The molecule has 0 bridgehead atoms. The zero-order valence-electron chi connectivity index (χ0n) is 16.2. The number of hydrogen-bond acceptors (Lipinski definition) is 7. The van der Waals surface area contributed by atoms with Crippen molar-refractivity contribution in [1.82, 2.24) is 9.55 Å². The summed E-state index contributed by atoms with van der Waals surface area (Å²) in [6, 6.07) is 1.77. The number of rotatable bonds is 5. The number of nitrogens with zero attached hydrogens (tertiary/aromatic N) is 2. The Labute approximate surface area is 175 Å². The first kappa shape index (κ1) is 19.8. The van der Waals surface area contributed by atoms with Crippen LogP contribution in [0.3, 0.4) is 0 Å². The molecule has 3 heterocycles. The van der Waals surface area contributed by atoms with Gasteiger partial charge in [0.1, 0.15) is 16.2 Å². The Balaban J connectivity index is 1.61. The highest BCUT2D eigenvalue weighted by Gasteiger charge is 2.29. The highest BCUT2D eigenvalue weighted by molar-refractivity contribution is 7.17. The SMILES string of the molecule is CCOC(=O)c1c(NC(=O)Cn2cnc3ccsc3c2=O)sc2c1CC[C@@H](C)C2. The largest absolute Gasteiger partial charge is 0.462 e. The van der Waals surface area contributed by atoms with Gasteiger partial charge in [-0.05, 0) is 49.1 Å². The summed E-state index contributed by atoms with van der Waals surface area (Å²) in [5, 5.41) is 5.14. The smallest absolute Gasteiger partial charge is 0.341 e. The highest BCUT2D eigenvalue weighted by atomic mass is 32.1. The molecule has 9 heteroatoms. The maximum atomic E-state index is 12.7. The summed E-state index contributed by atoms with van der Waals surface area (Å²) in [5.41, 5.74) is 1.83. The van der Waals surface area contributed by atoms with E-state index < -0.39 is 5.97 Å². The molecular weight excluding hydrogens is 410 g/mol. The minimum atomic E-state index is -0.409. The standard InChI is InChI=1S/C20H21N3O4S2/c1-3-27-20(26)16-12-5-4-11(2)8-14(12)29-18(16)22-15(24)9-23-10-21-13-6-7-28-17(13)19(23)25/h6-7,10-11H,3-5,8-9H2,1-2H3,(H,22,24)/t11-/m1/s1. The lowest BCUT2D eigenvalue weighted by Crippen LogP contribution is -2.27. The van der Waals surface area contributed by atoms with Gasteiger partial charge in [-0.1, -0.05) is 6.92 Å². The number of anilines is 1. The lowest BCUT2D eigenvalue weighted by atomic mass is 9.88. The number of hydrogen-bond donors (Lipinski definition) is 1. The lowest BCUT2D eigenvalue weighted by Gasteiger charge is -2.18. The highest BCUT2D eigenvalue weighted by Crippen LogP contribution is 2.40. The third kappa shape index (κ3) is 3.84. The van der Waals surface area contributed by atoms with Crippen LogP contribution in [-0.4, -0.2) is 28.0 Å². The van der Waals surface area contributed by atoms with Crippen molar-refractivity contribution < 1.29 is 14.3 Å². The molecule has 0 radical (unpaired) electrons. The van der Waals surface area contributed by atoms with Crippen LogP contribution in [0.1, 0.15) is 41.1 Å². The van der Waals surface area contributed by atoms with E-state index in [0.29, 0.717) is 26.7 Å². The molecule has 0 aromatic carbocycles. The number of thiophene rings is 2. The lowest BCUT2D eigenvalue weighted by molar-refractivity contribution is -0.116. The van der Waals surface area contributed by atoms with Crippen LogP contribution in [0.5, 0.6) is 0 Å². The fourth-order valence-corrected chi connectivity index (χ4v) is 5.78. The molecule has 0 saturated carbocycles. The van der Waals surface area contributed by atoms with Crippen molar-refractivity contribution in [3.05, 3.63) is 44.1 Å². The van der Waals surface area contributed by atoms with Gasteiger partial charge in [-0.15, -0.1) is 22.7 Å². The van der Waals surface area contributed by atoms with Gasteiger partial charge in [0, 0.05) is 4.88 Å². The predicted molar refractivity (Wildman–Crippen MR) is 114 cm³/mol. The quantitative estimate of drug-likeness (QED) is 0.625. The second-order valence-electron chi connectivity index (χ2n) is 7.14. The summed E-state index contributed by atoms with van der Waals surface area (Å²) in [6.07, 6.45) is 4.08. The van der Waals surface area contributed by atoms with Gasteiger partial charge < -0.3 is 10.1 Å². The van der Waals surface area contributed by atoms with Crippen LogP contribution in [0.2, 0.25) is 0 Å². The maximum absolute atomic E-state index is 12.7. The van der Waals surface area contributed by atoms with Crippen molar-refractivity contribution in [2.24, 2.45) is 5.92 Å². The molecule has 0 unspecified atom stereocenters. The predicted octanol–water partition coefficient (Wildman–Crippen LogP) is 3.46. The second-order valence-corrected chi connectivity index (χ2v) is 9.16. The fourth-order valence-electron chi connectivity index (χ4n) is 3.57. The number of nitrogens with one attached hydrogen (secondary N) is 1. The summed E-state index contributed by atoms with van der Waals surface area (Å²) in [5.74, 6) is -0.238. The monoisotopic (exact) mass is 431 g/mol. The molecule has 1 aliphatic carbocycles. The molecular formula is C20H21N3O4S2. The van der Waals surface area contributed by atoms with E-state index in [-0.39, 0.29) is 24.6 Å². The summed E-state index contributed by atoms with van der Waals surface area (Å²) in [6.45, 7) is 4.05.